The molecule has 1 unspecified atom stereocenters. The molecule has 1 aliphatic heterocycles. The molecule has 0 radical (unpaired) electrons. The maximum Gasteiger partial charge on any atom is 0.401 e. The van der Waals surface area contributed by atoms with Crippen LogP contribution < -0.4 is 10.6 Å². The number of hydrogen-bond acceptors (Lipinski definition) is 3. The zero-order chi connectivity index (χ0) is 18.8. The lowest BCUT2D eigenvalue weighted by atomic mass is 9.95. The third-order valence-corrected chi connectivity index (χ3v) is 4.21. The van der Waals surface area contributed by atoms with Crippen molar-refractivity contribution >= 4 is 17.3 Å². The fourth-order valence-electron chi connectivity index (χ4n) is 2.74. The maximum atomic E-state index is 12.5. The number of amides is 1. The van der Waals surface area contributed by atoms with E-state index in [-0.39, 0.29) is 11.9 Å². The zero-order valence-corrected chi connectivity index (χ0v) is 15.1. The quantitative estimate of drug-likeness (QED) is 0.855. The molecule has 1 aliphatic rings. The summed E-state index contributed by atoms with van der Waals surface area (Å²) >= 11 is 0. The van der Waals surface area contributed by atoms with Crippen molar-refractivity contribution in [1.29, 1.82) is 0 Å². The van der Waals surface area contributed by atoms with E-state index in [2.05, 4.69) is 10.6 Å². The van der Waals surface area contributed by atoms with Crippen molar-refractivity contribution in [3.05, 3.63) is 23.8 Å². The van der Waals surface area contributed by atoms with Crippen molar-refractivity contribution in [3.63, 3.8) is 0 Å². The van der Waals surface area contributed by atoms with E-state index in [1.807, 2.05) is 45.9 Å². The Morgan fingerprint density at radius 2 is 1.96 bits per heavy atom. The van der Waals surface area contributed by atoms with Gasteiger partial charge in [0.2, 0.25) is 5.91 Å². The van der Waals surface area contributed by atoms with Crippen molar-refractivity contribution in [2.75, 3.05) is 30.3 Å². The maximum absolute atomic E-state index is 12.5. The smallest absolute Gasteiger partial charge is 0.381 e. The number of likely N-dealkylation sites (tertiary alicyclic amines) is 1. The van der Waals surface area contributed by atoms with E-state index in [1.54, 1.807) is 0 Å². The minimum atomic E-state index is -4.16. The number of hydrogen-bond donors (Lipinski definition) is 2. The van der Waals surface area contributed by atoms with Crippen LogP contribution in [0.25, 0.3) is 0 Å². The van der Waals surface area contributed by atoms with Gasteiger partial charge in [-0.3, -0.25) is 9.69 Å². The topological polar surface area (TPSA) is 44.4 Å². The van der Waals surface area contributed by atoms with Crippen molar-refractivity contribution in [2.45, 2.75) is 46.3 Å². The summed E-state index contributed by atoms with van der Waals surface area (Å²) in [5.41, 5.74) is 1.95. The molecule has 4 nitrogen and oxygen atoms in total. The first-order valence-electron chi connectivity index (χ1n) is 8.42. The Bertz CT molecular complexity index is 623. The Morgan fingerprint density at radius 3 is 2.56 bits per heavy atom. The van der Waals surface area contributed by atoms with Crippen molar-refractivity contribution < 1.29 is 18.0 Å². The number of nitrogens with zero attached hydrogens (tertiary/aromatic N) is 1. The van der Waals surface area contributed by atoms with Crippen molar-refractivity contribution in [2.24, 2.45) is 5.41 Å². The minimum Gasteiger partial charge on any atom is -0.381 e. The molecule has 1 amide bonds. The van der Waals surface area contributed by atoms with Crippen molar-refractivity contribution in [1.82, 2.24) is 4.90 Å². The van der Waals surface area contributed by atoms with Gasteiger partial charge in [-0.25, -0.2) is 0 Å². The summed E-state index contributed by atoms with van der Waals surface area (Å²) in [6.45, 7) is 7.34. The van der Waals surface area contributed by atoms with Crippen LogP contribution in [0.4, 0.5) is 24.5 Å². The van der Waals surface area contributed by atoms with E-state index in [4.69, 9.17) is 0 Å². The molecule has 0 saturated carbocycles. The highest BCUT2D eigenvalue weighted by molar-refractivity contribution is 5.95. The predicted octanol–water partition coefficient (Wildman–Crippen LogP) is 4.03. The molecule has 0 aromatic heterocycles. The zero-order valence-electron chi connectivity index (χ0n) is 15.1. The monoisotopic (exact) mass is 357 g/mol. The summed E-state index contributed by atoms with van der Waals surface area (Å²) in [7, 11) is 0. The van der Waals surface area contributed by atoms with E-state index in [9.17, 15) is 18.0 Å². The van der Waals surface area contributed by atoms with E-state index in [0.29, 0.717) is 19.5 Å². The van der Waals surface area contributed by atoms with Gasteiger partial charge in [-0.05, 0) is 31.0 Å². The first kappa shape index (κ1) is 19.6. The predicted molar refractivity (Wildman–Crippen MR) is 93.8 cm³/mol. The van der Waals surface area contributed by atoms with E-state index >= 15 is 0 Å². The fourth-order valence-corrected chi connectivity index (χ4v) is 2.74. The number of halogens is 3. The average molecular weight is 357 g/mol. The summed E-state index contributed by atoms with van der Waals surface area (Å²) in [6, 6.07) is 5.58. The highest BCUT2D eigenvalue weighted by Crippen LogP contribution is 2.26. The molecule has 7 heteroatoms. The van der Waals surface area contributed by atoms with Gasteiger partial charge in [0, 0.05) is 35.9 Å². The standard InChI is InChI=1S/C18H26F3N3O/c1-12-5-6-13(9-15(12)23-16(25)17(2,3)4)22-14-7-8-24(10-14)11-18(19,20)21/h5-6,9,14,22H,7-8,10-11H2,1-4H3,(H,23,25). The fraction of sp³-hybridized carbons (Fsp3) is 0.611. The molecule has 2 rings (SSSR count). The molecular formula is C18H26F3N3O. The summed E-state index contributed by atoms with van der Waals surface area (Å²) < 4.78 is 37.4. The van der Waals surface area contributed by atoms with Crippen LogP contribution in [-0.4, -0.2) is 42.7 Å². The number of nitrogens with one attached hydrogen (secondary N) is 2. The Morgan fingerprint density at radius 1 is 1.28 bits per heavy atom. The molecule has 0 spiro atoms. The van der Waals surface area contributed by atoms with E-state index in [1.165, 1.54) is 4.90 Å². The molecule has 0 bridgehead atoms. The number of alkyl halides is 3. The Labute approximate surface area is 146 Å². The largest absolute Gasteiger partial charge is 0.401 e. The molecule has 1 fully saturated rings. The SMILES string of the molecule is Cc1ccc(NC2CCN(CC(F)(F)F)C2)cc1NC(=O)C(C)(C)C. The van der Waals surface area contributed by atoms with Gasteiger partial charge in [0.1, 0.15) is 0 Å². The van der Waals surface area contributed by atoms with Gasteiger partial charge in [0.15, 0.2) is 0 Å². The number of aryl methyl sites for hydroxylation is 1. The Balaban J connectivity index is 2.00. The Hall–Kier alpha value is -1.76. The second kappa shape index (κ2) is 7.23. The first-order valence-corrected chi connectivity index (χ1v) is 8.42. The summed E-state index contributed by atoms with van der Waals surface area (Å²) in [5, 5.41) is 6.19. The molecule has 1 atom stereocenters. The van der Waals surface area contributed by atoms with Crippen LogP contribution in [0.2, 0.25) is 0 Å². The molecular weight excluding hydrogens is 331 g/mol. The normalized spacial score (nSPS) is 19.1. The number of carbonyl (C=O) groups excluding carboxylic acids is 1. The third-order valence-electron chi connectivity index (χ3n) is 4.21. The van der Waals surface area contributed by atoms with Crippen LogP contribution in [0.3, 0.4) is 0 Å². The van der Waals surface area contributed by atoms with Crippen molar-refractivity contribution in [3.8, 4) is 0 Å². The first-order chi connectivity index (χ1) is 11.4. The molecule has 25 heavy (non-hydrogen) atoms. The summed E-state index contributed by atoms with van der Waals surface area (Å²) in [6.07, 6.45) is -3.50. The summed E-state index contributed by atoms with van der Waals surface area (Å²) in [5.74, 6) is -0.0787. The van der Waals surface area contributed by atoms with E-state index < -0.39 is 18.1 Å². The number of carbonyl (C=O) groups is 1. The lowest BCUT2D eigenvalue weighted by molar-refractivity contribution is -0.143. The molecule has 1 saturated heterocycles. The second-order valence-corrected chi connectivity index (χ2v) is 7.71. The van der Waals surface area contributed by atoms with Gasteiger partial charge in [-0.15, -0.1) is 0 Å². The number of rotatable bonds is 4. The molecule has 1 aromatic rings. The summed E-state index contributed by atoms with van der Waals surface area (Å²) in [4.78, 5) is 13.6. The molecule has 2 N–H and O–H groups in total. The third kappa shape index (κ3) is 5.92. The van der Waals surface area contributed by atoms with Gasteiger partial charge < -0.3 is 10.6 Å². The van der Waals surface area contributed by atoms with Crippen LogP contribution in [0.5, 0.6) is 0 Å². The number of anilines is 2. The lowest BCUT2D eigenvalue weighted by Gasteiger charge is -2.21. The van der Waals surface area contributed by atoms with Gasteiger partial charge in [-0.2, -0.15) is 13.2 Å². The molecule has 0 aliphatic carbocycles. The van der Waals surface area contributed by atoms with Gasteiger partial charge in [0.25, 0.3) is 0 Å². The van der Waals surface area contributed by atoms with Gasteiger partial charge in [0.05, 0.1) is 6.54 Å². The molecule has 140 valence electrons. The molecule has 1 aromatic carbocycles. The van der Waals surface area contributed by atoms with Crippen LogP contribution in [-0.2, 0) is 4.79 Å². The average Bonchev–Trinajstić information content (AvgIpc) is 2.86. The number of benzene rings is 1. The van der Waals surface area contributed by atoms with Gasteiger partial charge in [-0.1, -0.05) is 26.8 Å². The lowest BCUT2D eigenvalue weighted by Crippen LogP contribution is -2.34. The van der Waals surface area contributed by atoms with Gasteiger partial charge >= 0.3 is 6.18 Å². The van der Waals surface area contributed by atoms with E-state index in [0.717, 1.165) is 16.9 Å². The molecule has 1 heterocycles. The Kier molecular flexibility index (Phi) is 5.66. The van der Waals surface area contributed by atoms with Crippen LogP contribution in [0.15, 0.2) is 18.2 Å². The second-order valence-electron chi connectivity index (χ2n) is 7.71. The van der Waals surface area contributed by atoms with Crippen LogP contribution in [0, 0.1) is 12.3 Å². The minimum absolute atomic E-state index is 0.0313. The highest BCUT2D eigenvalue weighted by Gasteiger charge is 2.34. The van der Waals surface area contributed by atoms with Crippen LogP contribution >= 0.6 is 0 Å². The highest BCUT2D eigenvalue weighted by atomic mass is 19.4. The van der Waals surface area contributed by atoms with Crippen LogP contribution in [0.1, 0.15) is 32.8 Å².